The van der Waals surface area contributed by atoms with Crippen LogP contribution in [0.1, 0.15) is 53.4 Å². The summed E-state index contributed by atoms with van der Waals surface area (Å²) in [5, 5.41) is 0. The molecule has 0 aromatic rings. The van der Waals surface area contributed by atoms with E-state index in [4.69, 9.17) is 18.8 Å². The molecule has 3 fully saturated rings. The van der Waals surface area contributed by atoms with Crippen LogP contribution in [0, 0.1) is 5.92 Å². The van der Waals surface area contributed by atoms with Gasteiger partial charge in [-0.25, -0.2) is 4.39 Å². The van der Waals surface area contributed by atoms with Crippen LogP contribution < -0.4 is 0 Å². The molecular formula is C16H26BFO4. The molecule has 0 bridgehead atoms. The Morgan fingerprint density at radius 1 is 1.00 bits per heavy atom. The number of hydrogen-bond acceptors (Lipinski definition) is 4. The summed E-state index contributed by atoms with van der Waals surface area (Å²) in [4.78, 5) is 0. The molecule has 124 valence electrons. The van der Waals surface area contributed by atoms with Gasteiger partial charge in [0.1, 0.15) is 5.73 Å². The minimum Gasteiger partial charge on any atom is -0.398 e. The lowest BCUT2D eigenvalue weighted by molar-refractivity contribution is -0.180. The van der Waals surface area contributed by atoms with Crippen LogP contribution >= 0.6 is 0 Å². The summed E-state index contributed by atoms with van der Waals surface area (Å²) < 4.78 is 37.4. The minimum atomic E-state index is -0.889. The Morgan fingerprint density at radius 3 is 2.00 bits per heavy atom. The third kappa shape index (κ3) is 2.98. The van der Waals surface area contributed by atoms with E-state index in [0.717, 1.165) is 25.7 Å². The molecule has 2 saturated heterocycles. The van der Waals surface area contributed by atoms with E-state index in [-0.39, 0.29) is 11.6 Å². The molecular weight excluding hydrogens is 286 g/mol. The number of rotatable bonds is 2. The predicted octanol–water partition coefficient (Wildman–Crippen LogP) is 3.40. The lowest BCUT2D eigenvalue weighted by Gasteiger charge is -2.34. The Kier molecular flexibility index (Phi) is 4.17. The summed E-state index contributed by atoms with van der Waals surface area (Å²) in [5.41, 5.74) is -1.33. The van der Waals surface area contributed by atoms with Crippen molar-refractivity contribution in [2.45, 2.75) is 70.4 Å². The molecule has 1 saturated carbocycles. The molecule has 1 aliphatic carbocycles. The molecule has 0 unspecified atom stereocenters. The van der Waals surface area contributed by atoms with Gasteiger partial charge in [-0.1, -0.05) is 6.08 Å². The van der Waals surface area contributed by atoms with Crippen molar-refractivity contribution >= 4 is 7.12 Å². The van der Waals surface area contributed by atoms with Gasteiger partial charge < -0.3 is 18.8 Å². The predicted molar refractivity (Wildman–Crippen MR) is 81.9 cm³/mol. The van der Waals surface area contributed by atoms with Gasteiger partial charge in [0.05, 0.1) is 24.4 Å². The topological polar surface area (TPSA) is 36.9 Å². The molecule has 2 aliphatic heterocycles. The molecule has 0 atom stereocenters. The van der Waals surface area contributed by atoms with E-state index in [1.165, 1.54) is 0 Å². The van der Waals surface area contributed by atoms with Crippen LogP contribution in [-0.2, 0) is 18.8 Å². The average Bonchev–Trinajstić information content (AvgIpc) is 2.96. The van der Waals surface area contributed by atoms with E-state index in [0.29, 0.717) is 13.2 Å². The highest BCUT2D eigenvalue weighted by molar-refractivity contribution is 6.53. The van der Waals surface area contributed by atoms with E-state index in [1.54, 1.807) is 6.08 Å². The third-order valence-corrected chi connectivity index (χ3v) is 5.48. The zero-order chi connectivity index (χ0) is 16.0. The monoisotopic (exact) mass is 312 g/mol. The van der Waals surface area contributed by atoms with Gasteiger partial charge in [0.2, 0.25) is 0 Å². The fraction of sp³-hybridized carbons (Fsp3) is 0.875. The fourth-order valence-electron chi connectivity index (χ4n) is 3.29. The summed E-state index contributed by atoms with van der Waals surface area (Å²) in [6, 6.07) is 0. The summed E-state index contributed by atoms with van der Waals surface area (Å²) >= 11 is 0. The molecule has 1 spiro atoms. The number of ether oxygens (including phenoxy) is 2. The van der Waals surface area contributed by atoms with E-state index < -0.39 is 24.1 Å². The van der Waals surface area contributed by atoms with E-state index in [2.05, 4.69) is 0 Å². The zero-order valence-corrected chi connectivity index (χ0v) is 14.0. The quantitative estimate of drug-likeness (QED) is 0.732. The highest BCUT2D eigenvalue weighted by Gasteiger charge is 2.53. The summed E-state index contributed by atoms with van der Waals surface area (Å²) in [6.45, 7) is 9.06. The lowest BCUT2D eigenvalue weighted by Crippen LogP contribution is -2.41. The largest absolute Gasteiger partial charge is 0.524 e. The highest BCUT2D eigenvalue weighted by Crippen LogP contribution is 2.41. The van der Waals surface area contributed by atoms with Crippen LogP contribution in [-0.4, -0.2) is 37.3 Å². The molecule has 22 heavy (non-hydrogen) atoms. The Hall–Kier alpha value is -0.425. The molecule has 3 rings (SSSR count). The maximum Gasteiger partial charge on any atom is 0.524 e. The summed E-state index contributed by atoms with van der Waals surface area (Å²) in [5.74, 6) is -0.206. The highest BCUT2D eigenvalue weighted by atomic mass is 19.1. The van der Waals surface area contributed by atoms with Gasteiger partial charge in [-0.05, 0) is 46.5 Å². The van der Waals surface area contributed by atoms with Gasteiger partial charge in [0.15, 0.2) is 5.79 Å². The van der Waals surface area contributed by atoms with Gasteiger partial charge in [0, 0.05) is 12.8 Å². The minimum absolute atomic E-state index is 0.192. The van der Waals surface area contributed by atoms with Crippen LogP contribution in [0.3, 0.4) is 0 Å². The van der Waals surface area contributed by atoms with Gasteiger partial charge in [-0.3, -0.25) is 0 Å². The van der Waals surface area contributed by atoms with Crippen molar-refractivity contribution in [3.05, 3.63) is 11.8 Å². The first-order chi connectivity index (χ1) is 10.2. The van der Waals surface area contributed by atoms with Crippen molar-refractivity contribution in [3.63, 3.8) is 0 Å². The summed E-state index contributed by atoms with van der Waals surface area (Å²) in [6.07, 6.45) is 5.05. The Labute approximate surface area is 132 Å². The van der Waals surface area contributed by atoms with Crippen LogP contribution in [0.5, 0.6) is 0 Å². The SMILES string of the molecule is CC1(C)OB(C(F)=CC2CCC3(CC2)OCCO3)OC1(C)C. The van der Waals surface area contributed by atoms with E-state index in [1.807, 2.05) is 27.7 Å². The molecule has 0 aromatic heterocycles. The molecule has 2 heterocycles. The first-order valence-electron chi connectivity index (χ1n) is 8.24. The van der Waals surface area contributed by atoms with Crippen molar-refractivity contribution in [2.24, 2.45) is 5.92 Å². The Morgan fingerprint density at radius 2 is 1.50 bits per heavy atom. The van der Waals surface area contributed by atoms with Crippen molar-refractivity contribution < 1.29 is 23.2 Å². The molecule has 0 N–H and O–H groups in total. The van der Waals surface area contributed by atoms with Crippen molar-refractivity contribution in [1.29, 1.82) is 0 Å². The van der Waals surface area contributed by atoms with Crippen LogP contribution in [0.15, 0.2) is 11.8 Å². The molecule has 0 radical (unpaired) electrons. The summed E-state index contributed by atoms with van der Waals surface area (Å²) in [7, 11) is -0.889. The van der Waals surface area contributed by atoms with Crippen LogP contribution in [0.25, 0.3) is 0 Å². The van der Waals surface area contributed by atoms with Gasteiger partial charge >= 0.3 is 7.12 Å². The molecule has 4 nitrogen and oxygen atoms in total. The van der Waals surface area contributed by atoms with Crippen molar-refractivity contribution in [3.8, 4) is 0 Å². The standard InChI is InChI=1S/C16H26BFO4/c1-14(2)15(3,4)22-17(21-14)13(18)11-12-5-7-16(8-6-12)19-9-10-20-16/h11-12H,5-10H2,1-4H3. The first-order valence-corrected chi connectivity index (χ1v) is 8.24. The Bertz CT molecular complexity index is 431. The van der Waals surface area contributed by atoms with Gasteiger partial charge in [-0.15, -0.1) is 0 Å². The van der Waals surface area contributed by atoms with Crippen molar-refractivity contribution in [1.82, 2.24) is 0 Å². The number of allylic oxidation sites excluding steroid dienone is 1. The number of halogens is 1. The van der Waals surface area contributed by atoms with Crippen LogP contribution in [0.2, 0.25) is 0 Å². The Balaban J connectivity index is 1.59. The average molecular weight is 312 g/mol. The van der Waals surface area contributed by atoms with E-state index >= 15 is 0 Å². The molecule has 0 aromatic carbocycles. The molecule has 6 heteroatoms. The smallest absolute Gasteiger partial charge is 0.398 e. The van der Waals surface area contributed by atoms with Crippen LogP contribution in [0.4, 0.5) is 4.39 Å². The fourth-order valence-corrected chi connectivity index (χ4v) is 3.29. The normalized spacial score (nSPS) is 31.1. The second-order valence-electron chi connectivity index (χ2n) is 7.58. The molecule has 0 amide bonds. The van der Waals surface area contributed by atoms with Crippen molar-refractivity contribution in [2.75, 3.05) is 13.2 Å². The van der Waals surface area contributed by atoms with E-state index in [9.17, 15) is 4.39 Å². The third-order valence-electron chi connectivity index (χ3n) is 5.48. The lowest BCUT2D eigenvalue weighted by atomic mass is 9.80. The maximum absolute atomic E-state index is 14.5. The molecule has 3 aliphatic rings. The van der Waals surface area contributed by atoms with Gasteiger partial charge in [-0.2, -0.15) is 0 Å². The first kappa shape index (κ1) is 16.4. The maximum atomic E-state index is 14.5. The zero-order valence-electron chi connectivity index (χ0n) is 14.0. The second-order valence-corrected chi connectivity index (χ2v) is 7.58. The number of hydrogen-bond donors (Lipinski definition) is 0. The van der Waals surface area contributed by atoms with Gasteiger partial charge in [0.25, 0.3) is 0 Å². The second kappa shape index (κ2) is 5.58.